The Hall–Kier alpha value is -15.5. The highest BCUT2D eigenvalue weighted by Gasteiger charge is 2.54. The molecule has 610 valence electrons. The number of halogens is 1. The molecule has 0 radical (unpaired) electrons. The van der Waals surface area contributed by atoms with Crippen LogP contribution in [0.25, 0.3) is 111 Å². The first-order chi connectivity index (χ1) is 62.9. The molecule has 0 spiro atoms. The van der Waals surface area contributed by atoms with Gasteiger partial charge >= 0.3 is 0 Å². The van der Waals surface area contributed by atoms with Crippen molar-refractivity contribution in [3.05, 3.63) is 575 Å². The molecule has 19 aromatic carbocycles. The van der Waals surface area contributed by atoms with Gasteiger partial charge in [-0.15, -0.1) is 0 Å². The molecule has 3 aliphatic rings. The molecule has 4 heteroatoms. The van der Waals surface area contributed by atoms with Crippen LogP contribution in [-0.2, 0) is 17.3 Å². The van der Waals surface area contributed by atoms with Gasteiger partial charge in [0.25, 0.3) is 0 Å². The third-order valence-electron chi connectivity index (χ3n) is 26.4. The number of aromatic nitrogens is 2. The fourth-order valence-electron chi connectivity index (χ4n) is 20.9. The van der Waals surface area contributed by atoms with E-state index >= 15 is 0 Å². The molecule has 0 N–H and O–H groups in total. The Labute approximate surface area is 758 Å². The second kappa shape index (κ2) is 34.6. The van der Waals surface area contributed by atoms with Crippen molar-refractivity contribution in [1.82, 2.24) is 9.13 Å². The van der Waals surface area contributed by atoms with Crippen LogP contribution in [0, 0.1) is 5.92 Å². The highest BCUT2D eigenvalue weighted by atomic mass is 79.9. The number of allylic oxidation sites excluding steroid dienone is 3. The molecule has 0 bridgehead atoms. The number of fused-ring (bicyclic) bond motifs is 12. The minimum atomic E-state index is -0.384. The summed E-state index contributed by atoms with van der Waals surface area (Å²) in [6.45, 7) is 0. The Bertz CT molecular complexity index is 7590. The van der Waals surface area contributed by atoms with Gasteiger partial charge < -0.3 is 14.0 Å². The lowest BCUT2D eigenvalue weighted by Crippen LogP contribution is -2.36. The fraction of sp³-hybridized carbons (Fsp3) is 0.0484. The van der Waals surface area contributed by atoms with E-state index in [1.54, 1.807) is 0 Å². The molecule has 3 aliphatic carbocycles. The number of benzene rings is 19. The number of para-hydroxylation sites is 6. The minimum absolute atomic E-state index is 0. The van der Waals surface area contributed by atoms with Crippen molar-refractivity contribution >= 4 is 70.9 Å². The van der Waals surface area contributed by atoms with E-state index in [1.165, 1.54) is 166 Å². The molecule has 2 heterocycles. The van der Waals surface area contributed by atoms with Crippen molar-refractivity contribution in [2.75, 3.05) is 4.90 Å². The van der Waals surface area contributed by atoms with E-state index in [1.807, 2.05) is 6.07 Å². The normalized spacial score (nSPS) is 14.1. The first-order valence-electron chi connectivity index (χ1n) is 44.0. The number of hydrogen-bond donors (Lipinski definition) is 0. The van der Waals surface area contributed by atoms with Crippen molar-refractivity contribution in [1.29, 1.82) is 0 Å². The lowest BCUT2D eigenvalue weighted by atomic mass is 9.63. The van der Waals surface area contributed by atoms with Crippen LogP contribution in [0.1, 0.15) is 69.0 Å². The second-order valence-electron chi connectivity index (χ2n) is 33.4. The molecule has 0 amide bonds. The lowest BCUT2D eigenvalue weighted by molar-refractivity contribution is 0.454. The van der Waals surface area contributed by atoms with Gasteiger partial charge in [-0.1, -0.05) is 430 Å². The fourth-order valence-corrected chi connectivity index (χ4v) is 21.4. The van der Waals surface area contributed by atoms with Gasteiger partial charge in [-0.25, -0.2) is 0 Å². The summed E-state index contributed by atoms with van der Waals surface area (Å²) >= 11 is 3.70. The standard InChI is InChI=1S/C61H44N2.C32H24.C30H20BrN.CH4/c1-5-22-46(23-6-1)61(47-24-7-2-8-25-47)56-33-16-13-31-52(56)53-38-37-50(42-57(53)61)62(48-26-9-3-10-27-48)58-34-17-14-30-51(58)45-21-19-20-43(40-45)44-36-39-60-55(41-44)54-32-15-18-35-59(54)63(60)49-28-11-4-12-29-49;1-4-12-24(13-5-1)22-25-20-21-29-28-18-10-11-19-30(28)32(31(29)23-25,26-14-6-2-7-15-26)27-16-8-3-9-17-27;31-28-15-6-4-13-25(28)23-10-8-9-21(19-23)22-17-18-30-27(20-22)26-14-5-7-16-29(26)32(30)24-11-2-1-3-12-24;/h1-42,53,57H;1-21,23H,22H2;1-20H;1H4. The van der Waals surface area contributed by atoms with Crippen molar-refractivity contribution in [2.24, 2.45) is 5.92 Å². The average molecular weight is 1700 g/mol. The van der Waals surface area contributed by atoms with E-state index in [4.69, 9.17) is 0 Å². The highest BCUT2D eigenvalue weighted by molar-refractivity contribution is 9.10. The second-order valence-corrected chi connectivity index (χ2v) is 34.2. The number of rotatable bonds is 15. The van der Waals surface area contributed by atoms with Gasteiger partial charge in [-0.3, -0.25) is 0 Å². The maximum atomic E-state index is 3.70. The van der Waals surface area contributed by atoms with Gasteiger partial charge in [0.05, 0.1) is 38.6 Å². The molecule has 24 rings (SSSR count). The van der Waals surface area contributed by atoms with Crippen LogP contribution in [-0.4, -0.2) is 9.13 Å². The summed E-state index contributed by atoms with van der Waals surface area (Å²) in [5, 5.41) is 5.05. The average Bonchev–Trinajstić information content (AvgIpc) is 1.54. The van der Waals surface area contributed by atoms with Gasteiger partial charge in [0.15, 0.2) is 0 Å². The molecule has 2 atom stereocenters. The van der Waals surface area contributed by atoms with E-state index in [0.29, 0.717) is 0 Å². The Balaban J connectivity index is 0.000000128. The summed E-state index contributed by atoms with van der Waals surface area (Å²) in [7, 11) is 0. The van der Waals surface area contributed by atoms with Crippen LogP contribution in [0.3, 0.4) is 0 Å². The summed E-state index contributed by atoms with van der Waals surface area (Å²) in [6.07, 6.45) is 8.35. The quantitative estimate of drug-likeness (QED) is 0.0997. The Morgan fingerprint density at radius 3 is 1.25 bits per heavy atom. The molecule has 0 saturated carbocycles. The lowest BCUT2D eigenvalue weighted by Gasteiger charge is -2.40. The van der Waals surface area contributed by atoms with Gasteiger partial charge in [0.2, 0.25) is 0 Å². The summed E-state index contributed by atoms with van der Waals surface area (Å²) in [5.41, 5.74) is 35.7. The van der Waals surface area contributed by atoms with Crippen LogP contribution in [0.2, 0.25) is 0 Å². The van der Waals surface area contributed by atoms with E-state index in [2.05, 4.69) is 534 Å². The molecule has 128 heavy (non-hydrogen) atoms. The zero-order valence-corrected chi connectivity index (χ0v) is 71.7. The first kappa shape index (κ1) is 79.7. The van der Waals surface area contributed by atoms with Crippen LogP contribution in [0.4, 0.5) is 11.4 Å². The summed E-state index contributed by atoms with van der Waals surface area (Å²) in [6, 6.07) is 179. The minimum Gasteiger partial charge on any atom is -0.310 e. The molecule has 0 aliphatic heterocycles. The van der Waals surface area contributed by atoms with Gasteiger partial charge in [0.1, 0.15) is 0 Å². The summed E-state index contributed by atoms with van der Waals surface area (Å²) < 4.78 is 5.84. The first-order valence-corrected chi connectivity index (χ1v) is 44.8. The molecule has 3 nitrogen and oxygen atoms in total. The van der Waals surface area contributed by atoms with Crippen molar-refractivity contribution in [2.45, 2.75) is 30.6 Å². The zero-order valence-electron chi connectivity index (χ0n) is 70.1. The van der Waals surface area contributed by atoms with E-state index in [-0.39, 0.29) is 30.1 Å². The van der Waals surface area contributed by atoms with Crippen LogP contribution in [0.15, 0.2) is 520 Å². The molecule has 0 fully saturated rings. The SMILES string of the molecule is Brc1ccccc1-c1cccc(-c2ccc3c(c2)c2ccccc2n3-c2ccccc2)c1.C.C1=CC2c3ccccc3C(c3ccccc3)(c3ccccc3)C2C=C1N(c1ccccc1)c1ccccc1-c1cccc(-c2ccc3c(c2)c2ccccc2n3-c2ccccc2)c1.c1ccc(Cc2ccc3c(c2)C(c2ccccc2)(c2ccccc2)c2ccccc2-3)cc1. The maximum Gasteiger partial charge on any atom is 0.0713 e. The predicted molar refractivity (Wildman–Crippen MR) is 542 cm³/mol. The van der Waals surface area contributed by atoms with Gasteiger partial charge in [-0.2, -0.15) is 0 Å². The third kappa shape index (κ3) is 14.1. The molecule has 2 unspecified atom stereocenters. The van der Waals surface area contributed by atoms with E-state index in [0.717, 1.165) is 28.0 Å². The Morgan fingerprint density at radius 2 is 0.695 bits per heavy atom. The van der Waals surface area contributed by atoms with E-state index < -0.39 is 0 Å². The number of hydrogen-bond acceptors (Lipinski definition) is 1. The molecule has 2 aromatic heterocycles. The van der Waals surface area contributed by atoms with Crippen LogP contribution in [0.5, 0.6) is 0 Å². The Kier molecular flexibility index (Phi) is 21.5. The molecule has 0 saturated heterocycles. The largest absolute Gasteiger partial charge is 0.310 e. The van der Waals surface area contributed by atoms with Gasteiger partial charge in [-0.05, 0) is 215 Å². The maximum absolute atomic E-state index is 3.70. The number of anilines is 2. The van der Waals surface area contributed by atoms with Crippen molar-refractivity contribution in [3.8, 4) is 67.0 Å². The smallest absolute Gasteiger partial charge is 0.0713 e. The topological polar surface area (TPSA) is 13.1 Å². The molecule has 21 aromatic rings. The van der Waals surface area contributed by atoms with E-state index in [9.17, 15) is 0 Å². The monoisotopic (exact) mass is 1700 g/mol. The zero-order chi connectivity index (χ0) is 84.6. The molecular weight excluding hydrogens is 1610 g/mol. The highest BCUT2D eigenvalue weighted by Crippen LogP contribution is 2.61. The van der Waals surface area contributed by atoms with Crippen molar-refractivity contribution in [3.63, 3.8) is 0 Å². The van der Waals surface area contributed by atoms with Gasteiger partial charge in [0, 0.05) is 66.2 Å². The number of nitrogens with zero attached hydrogens (tertiary/aromatic N) is 3. The van der Waals surface area contributed by atoms with Crippen molar-refractivity contribution < 1.29 is 0 Å². The summed E-state index contributed by atoms with van der Waals surface area (Å²) in [4.78, 5) is 2.48. The predicted octanol–water partition coefficient (Wildman–Crippen LogP) is 32.6. The summed E-state index contributed by atoms with van der Waals surface area (Å²) in [5.74, 6) is 0.345. The van der Waals surface area contributed by atoms with Crippen LogP contribution < -0.4 is 4.90 Å². The third-order valence-corrected chi connectivity index (χ3v) is 27.1. The Morgan fingerprint density at radius 1 is 0.281 bits per heavy atom. The molecular formula is C124H92BrN3. The van der Waals surface area contributed by atoms with Crippen LogP contribution >= 0.6 is 15.9 Å².